The van der Waals surface area contributed by atoms with Crippen LogP contribution in [-0.2, 0) is 14.3 Å². The zero-order valence-corrected chi connectivity index (χ0v) is 9.28. The Kier molecular flexibility index (Phi) is 4.55. The Morgan fingerprint density at radius 3 is 2.53 bits per heavy atom. The van der Waals surface area contributed by atoms with Crippen LogP contribution in [0.2, 0.25) is 0 Å². The van der Waals surface area contributed by atoms with Crippen LogP contribution in [0.5, 0.6) is 0 Å². The second kappa shape index (κ2) is 5.70. The molecule has 0 aromatic carbocycles. The molecule has 0 unspecified atom stereocenters. The molecule has 0 aliphatic carbocycles. The lowest BCUT2D eigenvalue weighted by molar-refractivity contribution is -0.155. The third-order valence-electron chi connectivity index (χ3n) is 2.51. The average molecular weight is 214 g/mol. The highest BCUT2D eigenvalue weighted by molar-refractivity contribution is 6.32. The maximum Gasteiger partial charge on any atom is 0.396 e. The zero-order valence-electron chi connectivity index (χ0n) is 9.28. The van der Waals surface area contributed by atoms with Gasteiger partial charge < -0.3 is 15.0 Å². The van der Waals surface area contributed by atoms with Crippen LogP contribution in [-0.4, -0.2) is 49.6 Å². The topological polar surface area (TPSA) is 58.6 Å². The van der Waals surface area contributed by atoms with E-state index in [1.807, 2.05) is 7.05 Å². The van der Waals surface area contributed by atoms with Crippen molar-refractivity contribution in [3.63, 3.8) is 0 Å². The Balaban J connectivity index is 2.29. The van der Waals surface area contributed by atoms with Crippen molar-refractivity contribution < 1.29 is 14.3 Å². The normalized spacial score (nSPS) is 18.5. The molecule has 0 spiro atoms. The van der Waals surface area contributed by atoms with E-state index >= 15 is 0 Å². The summed E-state index contributed by atoms with van der Waals surface area (Å²) in [7, 11) is 2.05. The number of nitrogens with one attached hydrogen (secondary N) is 1. The van der Waals surface area contributed by atoms with Gasteiger partial charge in [-0.25, -0.2) is 4.79 Å². The van der Waals surface area contributed by atoms with Crippen LogP contribution in [0.25, 0.3) is 0 Å². The van der Waals surface area contributed by atoms with Crippen LogP contribution in [0.3, 0.4) is 0 Å². The molecule has 1 saturated heterocycles. The minimum Gasteiger partial charge on any atom is -0.459 e. The Labute approximate surface area is 89.8 Å². The summed E-state index contributed by atoms with van der Waals surface area (Å²) < 4.78 is 4.60. The molecule has 1 aliphatic heterocycles. The fraction of sp³-hybridized carbons (Fsp3) is 0.800. The number of ether oxygens (including phenoxy) is 1. The molecule has 0 aromatic rings. The van der Waals surface area contributed by atoms with E-state index in [2.05, 4.69) is 15.0 Å². The van der Waals surface area contributed by atoms with E-state index in [-0.39, 0.29) is 12.6 Å². The van der Waals surface area contributed by atoms with Crippen LogP contribution in [0.4, 0.5) is 0 Å². The molecule has 1 rings (SSSR count). The van der Waals surface area contributed by atoms with Gasteiger partial charge in [-0.1, -0.05) is 0 Å². The number of esters is 1. The number of rotatable bonds is 2. The van der Waals surface area contributed by atoms with Crippen molar-refractivity contribution in [1.29, 1.82) is 0 Å². The Bertz CT molecular complexity index is 235. The van der Waals surface area contributed by atoms with Crippen molar-refractivity contribution in [1.82, 2.24) is 10.2 Å². The van der Waals surface area contributed by atoms with E-state index < -0.39 is 11.9 Å². The predicted octanol–water partition coefficient (Wildman–Crippen LogP) is -0.240. The van der Waals surface area contributed by atoms with Crippen LogP contribution in [0.1, 0.15) is 19.8 Å². The van der Waals surface area contributed by atoms with E-state index in [9.17, 15) is 9.59 Å². The van der Waals surface area contributed by atoms with Crippen molar-refractivity contribution in [3.8, 4) is 0 Å². The minimum atomic E-state index is -0.781. The van der Waals surface area contributed by atoms with Crippen LogP contribution in [0, 0.1) is 0 Å². The molecular formula is C10H18N2O3. The first-order valence-corrected chi connectivity index (χ1v) is 5.29. The van der Waals surface area contributed by atoms with Gasteiger partial charge in [-0.3, -0.25) is 4.79 Å². The maximum absolute atomic E-state index is 11.3. The Hall–Kier alpha value is -1.10. The third-order valence-corrected chi connectivity index (χ3v) is 2.51. The third kappa shape index (κ3) is 3.87. The molecule has 1 amide bonds. The summed E-state index contributed by atoms with van der Waals surface area (Å²) in [5.74, 6) is -1.40. The summed E-state index contributed by atoms with van der Waals surface area (Å²) in [4.78, 5) is 24.5. The van der Waals surface area contributed by atoms with Crippen LogP contribution in [0.15, 0.2) is 0 Å². The molecule has 15 heavy (non-hydrogen) atoms. The van der Waals surface area contributed by atoms with E-state index in [4.69, 9.17) is 0 Å². The van der Waals surface area contributed by atoms with E-state index in [0.29, 0.717) is 0 Å². The number of carbonyl (C=O) groups is 2. The summed E-state index contributed by atoms with van der Waals surface area (Å²) >= 11 is 0. The Morgan fingerprint density at radius 2 is 2.00 bits per heavy atom. The van der Waals surface area contributed by atoms with Gasteiger partial charge in [0.2, 0.25) is 0 Å². The Morgan fingerprint density at radius 1 is 1.40 bits per heavy atom. The van der Waals surface area contributed by atoms with Crippen molar-refractivity contribution >= 4 is 11.9 Å². The smallest absolute Gasteiger partial charge is 0.396 e. The van der Waals surface area contributed by atoms with E-state index in [0.717, 1.165) is 25.9 Å². The summed E-state index contributed by atoms with van der Waals surface area (Å²) in [5, 5.41) is 2.68. The molecule has 5 nitrogen and oxygen atoms in total. The van der Waals surface area contributed by atoms with Crippen molar-refractivity contribution in [2.24, 2.45) is 0 Å². The van der Waals surface area contributed by atoms with Gasteiger partial charge >= 0.3 is 11.9 Å². The van der Waals surface area contributed by atoms with E-state index in [1.165, 1.54) is 0 Å². The van der Waals surface area contributed by atoms with Gasteiger partial charge in [0.25, 0.3) is 0 Å². The van der Waals surface area contributed by atoms with Gasteiger partial charge in [-0.15, -0.1) is 0 Å². The van der Waals surface area contributed by atoms with Gasteiger partial charge in [0, 0.05) is 6.04 Å². The number of piperidine rings is 1. The second-order valence-electron chi connectivity index (χ2n) is 3.77. The summed E-state index contributed by atoms with van der Waals surface area (Å²) in [6.07, 6.45) is 1.78. The van der Waals surface area contributed by atoms with Crippen molar-refractivity contribution in [2.45, 2.75) is 25.8 Å². The molecule has 0 saturated carbocycles. The molecule has 5 heteroatoms. The molecule has 1 heterocycles. The second-order valence-corrected chi connectivity index (χ2v) is 3.77. The zero-order chi connectivity index (χ0) is 11.3. The van der Waals surface area contributed by atoms with Gasteiger partial charge in [-0.2, -0.15) is 0 Å². The largest absolute Gasteiger partial charge is 0.459 e. The first kappa shape index (κ1) is 12.0. The fourth-order valence-electron chi connectivity index (χ4n) is 1.59. The summed E-state index contributed by atoms with van der Waals surface area (Å²) in [5.41, 5.74) is 0. The summed E-state index contributed by atoms with van der Waals surface area (Å²) in [6, 6.07) is 0.109. The standard InChI is InChI=1S/C10H18N2O3/c1-3-15-10(14)9(13)11-8-4-6-12(2)7-5-8/h8H,3-7H2,1-2H3,(H,11,13). The molecule has 1 aliphatic rings. The first-order chi connectivity index (χ1) is 7.13. The van der Waals surface area contributed by atoms with Crippen molar-refractivity contribution in [2.75, 3.05) is 26.7 Å². The first-order valence-electron chi connectivity index (χ1n) is 5.29. The molecule has 0 radical (unpaired) electrons. The fourth-order valence-corrected chi connectivity index (χ4v) is 1.59. The lowest BCUT2D eigenvalue weighted by atomic mass is 10.1. The quantitative estimate of drug-likeness (QED) is 0.509. The molecular weight excluding hydrogens is 196 g/mol. The monoisotopic (exact) mass is 214 g/mol. The highest BCUT2D eigenvalue weighted by Crippen LogP contribution is 2.07. The van der Waals surface area contributed by atoms with E-state index in [1.54, 1.807) is 6.92 Å². The van der Waals surface area contributed by atoms with Gasteiger partial charge in [0.1, 0.15) is 0 Å². The number of hydrogen-bond acceptors (Lipinski definition) is 4. The summed E-state index contributed by atoms with van der Waals surface area (Å²) in [6.45, 7) is 3.82. The molecule has 86 valence electrons. The van der Waals surface area contributed by atoms with Gasteiger partial charge in [0.15, 0.2) is 0 Å². The minimum absolute atomic E-state index is 0.109. The number of amides is 1. The van der Waals surface area contributed by atoms with Gasteiger partial charge in [-0.05, 0) is 39.9 Å². The van der Waals surface area contributed by atoms with Crippen LogP contribution < -0.4 is 5.32 Å². The lowest BCUT2D eigenvalue weighted by Gasteiger charge is -2.29. The molecule has 0 bridgehead atoms. The average Bonchev–Trinajstić information content (AvgIpc) is 2.22. The SMILES string of the molecule is CCOC(=O)C(=O)NC1CCN(C)CC1. The lowest BCUT2D eigenvalue weighted by Crippen LogP contribution is -2.45. The highest BCUT2D eigenvalue weighted by atomic mass is 16.5. The van der Waals surface area contributed by atoms with Crippen LogP contribution >= 0.6 is 0 Å². The number of hydrogen-bond donors (Lipinski definition) is 1. The number of nitrogens with zero attached hydrogens (tertiary/aromatic N) is 1. The predicted molar refractivity (Wildman–Crippen MR) is 55.3 cm³/mol. The van der Waals surface area contributed by atoms with Crippen molar-refractivity contribution in [3.05, 3.63) is 0 Å². The van der Waals surface area contributed by atoms with Gasteiger partial charge in [0.05, 0.1) is 6.61 Å². The molecule has 1 fully saturated rings. The highest BCUT2D eigenvalue weighted by Gasteiger charge is 2.22. The maximum atomic E-state index is 11.3. The molecule has 0 aromatic heterocycles. The number of likely N-dealkylation sites (tertiary alicyclic amines) is 1. The molecule has 1 N–H and O–H groups in total. The number of carbonyl (C=O) groups excluding carboxylic acids is 2. The molecule has 0 atom stereocenters.